The molecule has 0 unspecified atom stereocenters. The molecule has 2 rings (SSSR count). The predicted octanol–water partition coefficient (Wildman–Crippen LogP) is 1.95. The number of carbonyl (C=O) groups is 2. The maximum absolute atomic E-state index is 12.5. The Labute approximate surface area is 126 Å². The van der Waals surface area contributed by atoms with Crippen LogP contribution in [0.15, 0.2) is 18.2 Å². The van der Waals surface area contributed by atoms with Gasteiger partial charge in [-0.15, -0.1) is 0 Å². The predicted molar refractivity (Wildman–Crippen MR) is 82.0 cm³/mol. The molecule has 0 aliphatic carbocycles. The summed E-state index contributed by atoms with van der Waals surface area (Å²) in [7, 11) is 0. The lowest BCUT2D eigenvalue weighted by molar-refractivity contribution is -0.127. The van der Waals surface area contributed by atoms with Gasteiger partial charge in [0.2, 0.25) is 5.91 Å². The first kappa shape index (κ1) is 14.3. The highest BCUT2D eigenvalue weighted by atomic mass is 127. The number of benzene rings is 1. The highest BCUT2D eigenvalue weighted by molar-refractivity contribution is 14.1. The lowest BCUT2D eigenvalue weighted by Crippen LogP contribution is -2.56. The van der Waals surface area contributed by atoms with Crippen LogP contribution in [0.25, 0.3) is 0 Å². The molecule has 1 atom stereocenters. The van der Waals surface area contributed by atoms with Gasteiger partial charge in [0.15, 0.2) is 0 Å². The van der Waals surface area contributed by atoms with Gasteiger partial charge in [-0.1, -0.05) is 13.0 Å². The van der Waals surface area contributed by atoms with Crippen LogP contribution in [0, 0.1) is 10.5 Å². The minimum Gasteiger partial charge on any atom is -0.353 e. The molecule has 2 amide bonds. The van der Waals surface area contributed by atoms with Crippen molar-refractivity contribution in [1.29, 1.82) is 0 Å². The number of nitrogens with zero attached hydrogens (tertiary/aromatic N) is 1. The summed E-state index contributed by atoms with van der Waals surface area (Å²) in [6.07, 6.45) is 0.639. The Balaban J connectivity index is 2.26. The van der Waals surface area contributed by atoms with Crippen LogP contribution in [0.1, 0.15) is 29.3 Å². The van der Waals surface area contributed by atoms with E-state index in [1.54, 1.807) is 4.90 Å². The first-order chi connectivity index (χ1) is 9.04. The number of carbonyl (C=O) groups excluding carboxylic acids is 2. The van der Waals surface area contributed by atoms with Crippen LogP contribution in [0.2, 0.25) is 0 Å². The Hall–Kier alpha value is -1.11. The monoisotopic (exact) mass is 372 g/mol. The second kappa shape index (κ2) is 5.90. The Bertz CT molecular complexity index is 516. The molecule has 1 aliphatic heterocycles. The SMILES string of the molecule is CC[C@H]1C(=O)NCCN1C(=O)c1ccc(C)c(I)c1. The first-order valence-corrected chi connectivity index (χ1v) is 7.47. The zero-order chi connectivity index (χ0) is 14.0. The summed E-state index contributed by atoms with van der Waals surface area (Å²) in [6, 6.07) is 5.32. The van der Waals surface area contributed by atoms with Crippen LogP contribution in [-0.2, 0) is 4.79 Å². The van der Waals surface area contributed by atoms with E-state index in [0.717, 1.165) is 9.13 Å². The molecule has 1 N–H and O–H groups in total. The van der Waals surface area contributed by atoms with E-state index in [2.05, 4.69) is 27.9 Å². The topological polar surface area (TPSA) is 49.4 Å². The van der Waals surface area contributed by atoms with Crippen molar-refractivity contribution < 1.29 is 9.59 Å². The average Bonchev–Trinajstić information content (AvgIpc) is 2.40. The molecule has 1 saturated heterocycles. The van der Waals surface area contributed by atoms with Gasteiger partial charge in [0.1, 0.15) is 6.04 Å². The fraction of sp³-hybridized carbons (Fsp3) is 0.429. The fourth-order valence-electron chi connectivity index (χ4n) is 2.26. The van der Waals surface area contributed by atoms with Gasteiger partial charge in [0.05, 0.1) is 0 Å². The smallest absolute Gasteiger partial charge is 0.254 e. The maximum Gasteiger partial charge on any atom is 0.254 e. The second-order valence-electron chi connectivity index (χ2n) is 4.68. The van der Waals surface area contributed by atoms with Gasteiger partial charge >= 0.3 is 0 Å². The van der Waals surface area contributed by atoms with Gasteiger partial charge in [0.25, 0.3) is 5.91 Å². The molecular weight excluding hydrogens is 355 g/mol. The van der Waals surface area contributed by atoms with Crippen LogP contribution in [0.5, 0.6) is 0 Å². The summed E-state index contributed by atoms with van der Waals surface area (Å²) in [4.78, 5) is 26.0. The summed E-state index contributed by atoms with van der Waals surface area (Å²) < 4.78 is 1.07. The lowest BCUT2D eigenvalue weighted by Gasteiger charge is -2.34. The Morgan fingerprint density at radius 3 is 2.89 bits per heavy atom. The molecule has 1 aromatic carbocycles. The molecule has 1 aromatic rings. The van der Waals surface area contributed by atoms with Gasteiger partial charge in [-0.3, -0.25) is 9.59 Å². The molecule has 0 bridgehead atoms. The molecule has 5 heteroatoms. The summed E-state index contributed by atoms with van der Waals surface area (Å²) in [5.74, 6) is -0.108. The van der Waals surface area contributed by atoms with E-state index in [9.17, 15) is 9.59 Å². The van der Waals surface area contributed by atoms with Crippen molar-refractivity contribution >= 4 is 34.4 Å². The van der Waals surface area contributed by atoms with E-state index in [4.69, 9.17) is 0 Å². The molecule has 0 aromatic heterocycles. The molecule has 1 heterocycles. The molecule has 19 heavy (non-hydrogen) atoms. The zero-order valence-electron chi connectivity index (χ0n) is 11.1. The minimum atomic E-state index is -0.347. The van der Waals surface area contributed by atoms with Crippen molar-refractivity contribution in [1.82, 2.24) is 10.2 Å². The molecule has 0 radical (unpaired) electrons. The largest absolute Gasteiger partial charge is 0.353 e. The zero-order valence-corrected chi connectivity index (χ0v) is 13.2. The normalized spacial score (nSPS) is 19.2. The minimum absolute atomic E-state index is 0.0519. The highest BCUT2D eigenvalue weighted by Crippen LogP contribution is 2.18. The van der Waals surface area contributed by atoms with E-state index >= 15 is 0 Å². The summed E-state index contributed by atoms with van der Waals surface area (Å²) in [5, 5.41) is 2.81. The number of halogens is 1. The van der Waals surface area contributed by atoms with Gasteiger partial charge in [-0.05, 0) is 53.6 Å². The molecular formula is C14H17IN2O2. The van der Waals surface area contributed by atoms with E-state index in [1.165, 1.54) is 0 Å². The summed E-state index contributed by atoms with van der Waals surface area (Å²) in [6.45, 7) is 5.05. The van der Waals surface area contributed by atoms with Gasteiger partial charge in [-0.25, -0.2) is 0 Å². The van der Waals surface area contributed by atoms with Crippen molar-refractivity contribution in [3.05, 3.63) is 32.9 Å². The third-order valence-corrected chi connectivity index (χ3v) is 4.56. The average molecular weight is 372 g/mol. The Kier molecular flexibility index (Phi) is 4.44. The van der Waals surface area contributed by atoms with Gasteiger partial charge < -0.3 is 10.2 Å². The molecule has 4 nitrogen and oxygen atoms in total. The van der Waals surface area contributed by atoms with Crippen molar-refractivity contribution in [3.63, 3.8) is 0 Å². The third kappa shape index (κ3) is 2.91. The van der Waals surface area contributed by atoms with E-state index < -0.39 is 0 Å². The summed E-state index contributed by atoms with van der Waals surface area (Å²) in [5.41, 5.74) is 1.81. The number of rotatable bonds is 2. The number of piperazine rings is 1. The molecule has 0 saturated carbocycles. The van der Waals surface area contributed by atoms with Crippen LogP contribution in [0.3, 0.4) is 0 Å². The van der Waals surface area contributed by atoms with E-state index in [1.807, 2.05) is 32.0 Å². The number of amides is 2. The number of nitrogens with one attached hydrogen (secondary N) is 1. The number of hydrogen-bond donors (Lipinski definition) is 1. The van der Waals surface area contributed by atoms with Crippen molar-refractivity contribution in [2.75, 3.05) is 13.1 Å². The standard InChI is InChI=1S/C14H17IN2O2/c1-3-12-13(18)16-6-7-17(12)14(19)10-5-4-9(2)11(15)8-10/h4-5,8,12H,3,6-7H2,1-2H3,(H,16,18)/t12-/m0/s1. The first-order valence-electron chi connectivity index (χ1n) is 6.39. The van der Waals surface area contributed by atoms with Gasteiger partial charge in [-0.2, -0.15) is 0 Å². The van der Waals surface area contributed by atoms with Crippen molar-refractivity contribution in [2.24, 2.45) is 0 Å². The van der Waals surface area contributed by atoms with Crippen molar-refractivity contribution in [2.45, 2.75) is 26.3 Å². The molecule has 1 aliphatic rings. The van der Waals surface area contributed by atoms with Crippen molar-refractivity contribution in [3.8, 4) is 0 Å². The summed E-state index contributed by atoms with van der Waals surface area (Å²) >= 11 is 2.22. The van der Waals surface area contributed by atoms with E-state index in [0.29, 0.717) is 25.1 Å². The van der Waals surface area contributed by atoms with Crippen LogP contribution < -0.4 is 5.32 Å². The molecule has 102 valence electrons. The Morgan fingerprint density at radius 1 is 1.53 bits per heavy atom. The molecule has 0 spiro atoms. The van der Waals surface area contributed by atoms with E-state index in [-0.39, 0.29) is 17.9 Å². The number of aryl methyl sites for hydroxylation is 1. The quantitative estimate of drug-likeness (QED) is 0.807. The third-order valence-electron chi connectivity index (χ3n) is 3.40. The highest BCUT2D eigenvalue weighted by Gasteiger charge is 2.32. The number of hydrogen-bond acceptors (Lipinski definition) is 2. The van der Waals surface area contributed by atoms with Gasteiger partial charge in [0, 0.05) is 22.2 Å². The lowest BCUT2D eigenvalue weighted by atomic mass is 10.1. The Morgan fingerprint density at radius 2 is 2.26 bits per heavy atom. The maximum atomic E-state index is 12.5. The fourth-order valence-corrected chi connectivity index (χ4v) is 2.77. The van der Waals surface area contributed by atoms with Crippen LogP contribution in [0.4, 0.5) is 0 Å². The van der Waals surface area contributed by atoms with Crippen LogP contribution >= 0.6 is 22.6 Å². The van der Waals surface area contributed by atoms with Crippen LogP contribution in [-0.4, -0.2) is 35.8 Å². The molecule has 1 fully saturated rings. The second-order valence-corrected chi connectivity index (χ2v) is 5.84.